The molecule has 2 aromatic carbocycles. The van der Waals surface area contributed by atoms with Gasteiger partial charge in [-0.05, 0) is 49.2 Å². The first-order valence-corrected chi connectivity index (χ1v) is 11.9. The minimum absolute atomic E-state index is 0.149. The molecule has 0 saturated carbocycles. The van der Waals surface area contributed by atoms with Crippen LogP contribution in [0.3, 0.4) is 0 Å². The van der Waals surface area contributed by atoms with Crippen LogP contribution in [-0.4, -0.2) is 40.8 Å². The molecule has 3 rings (SSSR count). The van der Waals surface area contributed by atoms with Crippen molar-refractivity contribution in [3.8, 4) is 0 Å². The van der Waals surface area contributed by atoms with Crippen molar-refractivity contribution >= 4 is 37.1 Å². The number of alkyl halides is 2. The van der Waals surface area contributed by atoms with Crippen molar-refractivity contribution in [2.24, 2.45) is 0 Å². The van der Waals surface area contributed by atoms with Crippen LogP contribution < -0.4 is 9.62 Å². The number of hydrogen-bond donors (Lipinski definition) is 1. The molecule has 1 atom stereocenters. The van der Waals surface area contributed by atoms with E-state index in [9.17, 15) is 30.4 Å². The molecule has 1 aliphatic rings. The van der Waals surface area contributed by atoms with E-state index in [4.69, 9.17) is 0 Å². The minimum Gasteiger partial charge on any atom is -0.321 e. The molecule has 29 heavy (non-hydrogen) atoms. The van der Waals surface area contributed by atoms with Crippen LogP contribution >= 0.6 is 0 Å². The average Bonchev–Trinajstić information content (AvgIpc) is 2.96. The maximum Gasteiger partial charge on any atom is 0.341 e. The van der Waals surface area contributed by atoms with Gasteiger partial charge in [-0.15, -0.1) is 0 Å². The van der Waals surface area contributed by atoms with Crippen molar-refractivity contribution in [3.05, 3.63) is 53.6 Å². The second kappa shape index (κ2) is 7.38. The van der Waals surface area contributed by atoms with Crippen LogP contribution in [0.15, 0.2) is 47.4 Å². The number of halogens is 2. The molecule has 0 fully saturated rings. The van der Waals surface area contributed by atoms with Gasteiger partial charge in [-0.25, -0.2) is 16.8 Å². The number of sulfonamides is 1. The summed E-state index contributed by atoms with van der Waals surface area (Å²) in [6, 6.07) is 8.99. The van der Waals surface area contributed by atoms with Gasteiger partial charge in [-0.3, -0.25) is 9.10 Å². The normalized spacial score (nSPS) is 16.7. The lowest BCUT2D eigenvalue weighted by Gasteiger charge is -2.21. The molecule has 1 aliphatic heterocycles. The number of para-hydroxylation sites is 1. The summed E-state index contributed by atoms with van der Waals surface area (Å²) in [6.45, 7) is 1.74. The summed E-state index contributed by atoms with van der Waals surface area (Å²) >= 11 is 0. The van der Waals surface area contributed by atoms with Gasteiger partial charge >= 0.3 is 5.76 Å². The van der Waals surface area contributed by atoms with Crippen LogP contribution in [0, 0.1) is 0 Å². The van der Waals surface area contributed by atoms with E-state index in [1.165, 1.54) is 40.7 Å². The van der Waals surface area contributed by atoms with Crippen LogP contribution in [0.4, 0.5) is 20.2 Å². The maximum absolute atomic E-state index is 12.9. The van der Waals surface area contributed by atoms with Gasteiger partial charge in [0.05, 0.1) is 22.5 Å². The van der Waals surface area contributed by atoms with E-state index >= 15 is 0 Å². The summed E-state index contributed by atoms with van der Waals surface area (Å²) in [5.74, 6) is -4.32. The Labute approximate surface area is 167 Å². The molecule has 7 nitrogen and oxygen atoms in total. The smallest absolute Gasteiger partial charge is 0.321 e. The fraction of sp³-hybridized carbons (Fsp3) is 0.278. The molecule has 2 aromatic rings. The first-order chi connectivity index (χ1) is 13.4. The number of fused-ring (bicyclic) bond motifs is 1. The Kier molecular flexibility index (Phi) is 5.39. The molecule has 11 heteroatoms. The number of amides is 1. The number of anilines is 2. The van der Waals surface area contributed by atoms with Gasteiger partial charge in [0, 0.05) is 11.6 Å². The van der Waals surface area contributed by atoms with Gasteiger partial charge in [0.1, 0.15) is 0 Å². The number of carbonyl (C=O) groups is 1. The van der Waals surface area contributed by atoms with Gasteiger partial charge < -0.3 is 5.32 Å². The molecule has 0 radical (unpaired) electrons. The molecule has 1 unspecified atom stereocenters. The molecular formula is C18H18F2N2O5S2. The third kappa shape index (κ3) is 3.97. The highest BCUT2D eigenvalue weighted by Gasteiger charge is 2.33. The second-order valence-corrected chi connectivity index (χ2v) is 10.5. The van der Waals surface area contributed by atoms with E-state index < -0.39 is 36.4 Å². The topological polar surface area (TPSA) is 101 Å². The lowest BCUT2D eigenvalue weighted by Crippen LogP contribution is -2.34. The monoisotopic (exact) mass is 444 g/mol. The molecule has 1 amide bonds. The van der Waals surface area contributed by atoms with Crippen LogP contribution in [0.5, 0.6) is 0 Å². The fourth-order valence-corrected chi connectivity index (χ4v) is 5.51. The highest BCUT2D eigenvalue weighted by atomic mass is 32.2. The SMILES string of the molecule is CC1Cc2cc(C(=O)Nc3ccccc3S(=O)(=O)C(F)F)ccc2N1S(C)(=O)=O. The van der Waals surface area contributed by atoms with Gasteiger partial charge in [0.15, 0.2) is 0 Å². The van der Waals surface area contributed by atoms with Crippen LogP contribution in [-0.2, 0) is 26.3 Å². The van der Waals surface area contributed by atoms with E-state index in [0.717, 1.165) is 12.3 Å². The van der Waals surface area contributed by atoms with E-state index in [1.807, 2.05) is 0 Å². The zero-order valence-electron chi connectivity index (χ0n) is 15.5. The fourth-order valence-electron chi connectivity index (χ4n) is 3.36. The molecule has 1 heterocycles. The summed E-state index contributed by atoms with van der Waals surface area (Å²) in [7, 11) is -8.38. The summed E-state index contributed by atoms with van der Waals surface area (Å²) in [4.78, 5) is 11.9. The van der Waals surface area contributed by atoms with Crippen LogP contribution in [0.25, 0.3) is 0 Å². The molecule has 156 valence electrons. The van der Waals surface area contributed by atoms with Crippen molar-refractivity contribution in [1.29, 1.82) is 0 Å². The van der Waals surface area contributed by atoms with Gasteiger partial charge in [0.2, 0.25) is 19.9 Å². The molecule has 0 saturated heterocycles. The van der Waals surface area contributed by atoms with Gasteiger partial charge in [-0.2, -0.15) is 8.78 Å². The van der Waals surface area contributed by atoms with E-state index in [2.05, 4.69) is 5.32 Å². The molecule has 0 spiro atoms. The predicted molar refractivity (Wildman–Crippen MR) is 105 cm³/mol. The molecular weight excluding hydrogens is 426 g/mol. The number of sulfone groups is 1. The maximum atomic E-state index is 12.9. The lowest BCUT2D eigenvalue weighted by atomic mass is 10.1. The van der Waals surface area contributed by atoms with E-state index in [-0.39, 0.29) is 17.3 Å². The standard InChI is InChI=1S/C18H18F2N2O5S2/c1-11-9-13-10-12(7-8-15(13)22(11)28(2,24)25)17(23)21-14-5-3-4-6-16(14)29(26,27)18(19)20/h3-8,10-11,18H,9H2,1-2H3,(H,21,23). The largest absolute Gasteiger partial charge is 0.341 e. The van der Waals surface area contributed by atoms with Crippen molar-refractivity contribution in [2.75, 3.05) is 15.9 Å². The number of rotatable bonds is 5. The molecule has 0 bridgehead atoms. The number of benzene rings is 2. The highest BCUT2D eigenvalue weighted by Crippen LogP contribution is 2.35. The van der Waals surface area contributed by atoms with Crippen molar-refractivity contribution in [2.45, 2.75) is 30.0 Å². The first kappa shape index (κ1) is 21.2. The molecule has 0 aromatic heterocycles. The predicted octanol–water partition coefficient (Wildman–Crippen LogP) is 2.65. The minimum atomic E-state index is -4.90. The average molecular weight is 444 g/mol. The van der Waals surface area contributed by atoms with Gasteiger partial charge in [-0.1, -0.05) is 12.1 Å². The number of carbonyl (C=O) groups excluding carboxylic acids is 1. The highest BCUT2D eigenvalue weighted by molar-refractivity contribution is 7.92. The Hall–Kier alpha value is -2.53. The summed E-state index contributed by atoms with van der Waals surface area (Å²) < 4.78 is 74.7. The zero-order chi connectivity index (χ0) is 21.6. The first-order valence-electron chi connectivity index (χ1n) is 8.47. The third-order valence-corrected chi connectivity index (χ3v) is 7.24. The van der Waals surface area contributed by atoms with Crippen molar-refractivity contribution in [3.63, 3.8) is 0 Å². The van der Waals surface area contributed by atoms with Crippen LogP contribution in [0.2, 0.25) is 0 Å². The zero-order valence-corrected chi connectivity index (χ0v) is 17.1. The Morgan fingerprint density at radius 3 is 2.41 bits per heavy atom. The summed E-state index contributed by atoms with van der Waals surface area (Å²) in [6.07, 6.45) is 1.50. The van der Waals surface area contributed by atoms with Crippen molar-refractivity contribution < 1.29 is 30.4 Å². The quantitative estimate of drug-likeness (QED) is 0.764. The number of nitrogens with zero attached hydrogens (tertiary/aromatic N) is 1. The lowest BCUT2D eigenvalue weighted by molar-refractivity contribution is 0.102. The van der Waals surface area contributed by atoms with Crippen molar-refractivity contribution in [1.82, 2.24) is 0 Å². The number of nitrogens with one attached hydrogen (secondary N) is 1. The summed E-state index contributed by atoms with van der Waals surface area (Å²) in [5, 5.41) is 2.35. The summed E-state index contributed by atoms with van der Waals surface area (Å²) in [5.41, 5.74) is 1.00. The Morgan fingerprint density at radius 1 is 1.14 bits per heavy atom. The second-order valence-electron chi connectivity index (χ2n) is 6.71. The molecule has 1 N–H and O–H groups in total. The van der Waals surface area contributed by atoms with E-state index in [1.54, 1.807) is 6.92 Å². The van der Waals surface area contributed by atoms with Gasteiger partial charge in [0.25, 0.3) is 5.91 Å². The van der Waals surface area contributed by atoms with Crippen LogP contribution in [0.1, 0.15) is 22.8 Å². The Balaban J connectivity index is 1.93. The van der Waals surface area contributed by atoms with E-state index in [0.29, 0.717) is 17.7 Å². The Bertz CT molecular complexity index is 1180. The Morgan fingerprint density at radius 2 is 1.79 bits per heavy atom. The molecule has 0 aliphatic carbocycles. The third-order valence-electron chi connectivity index (χ3n) is 4.53. The number of hydrogen-bond acceptors (Lipinski definition) is 5.